The molecular weight excluding hydrogens is 164 g/mol. The van der Waals surface area contributed by atoms with Crippen molar-refractivity contribution in [3.05, 3.63) is 23.9 Å². The highest BCUT2D eigenvalue weighted by molar-refractivity contribution is 5.95. The van der Waals surface area contributed by atoms with Crippen LogP contribution in [0.1, 0.15) is 6.42 Å². The lowest BCUT2D eigenvalue weighted by Crippen LogP contribution is -2.52. The second-order valence-corrected chi connectivity index (χ2v) is 3.47. The fourth-order valence-electron chi connectivity index (χ4n) is 1.67. The van der Waals surface area contributed by atoms with Crippen LogP contribution >= 0.6 is 0 Å². The van der Waals surface area contributed by atoms with E-state index >= 15 is 0 Å². The molecule has 4 heteroatoms. The summed E-state index contributed by atoms with van der Waals surface area (Å²) >= 11 is 0. The first-order chi connectivity index (χ1) is 6.21. The van der Waals surface area contributed by atoms with E-state index in [1.165, 1.54) is 0 Å². The summed E-state index contributed by atoms with van der Waals surface area (Å²) < 4.78 is 0. The molecule has 0 aromatic rings. The Kier molecular flexibility index (Phi) is 1.84. The maximum absolute atomic E-state index is 6.15. The summed E-state index contributed by atoms with van der Waals surface area (Å²) in [5, 5.41) is 3.18. The lowest BCUT2D eigenvalue weighted by atomic mass is 9.89. The summed E-state index contributed by atoms with van der Waals surface area (Å²) in [6, 6.07) is 0. The third kappa shape index (κ3) is 1.45. The molecular formula is C9H14N4. The molecule has 1 aliphatic heterocycles. The molecule has 70 valence electrons. The van der Waals surface area contributed by atoms with E-state index in [9.17, 15) is 0 Å². The minimum absolute atomic E-state index is 0.505. The van der Waals surface area contributed by atoms with Crippen LogP contribution in [0.5, 0.6) is 0 Å². The van der Waals surface area contributed by atoms with Gasteiger partial charge in [0, 0.05) is 18.7 Å². The number of hydrogen-bond donors (Lipinski definition) is 3. The summed E-state index contributed by atoms with van der Waals surface area (Å²) in [5.41, 5.74) is 12.2. The van der Waals surface area contributed by atoms with Crippen LogP contribution in [0.2, 0.25) is 0 Å². The van der Waals surface area contributed by atoms with Crippen molar-refractivity contribution in [2.75, 3.05) is 13.1 Å². The van der Waals surface area contributed by atoms with Crippen molar-refractivity contribution in [1.82, 2.24) is 5.32 Å². The predicted octanol–water partition coefficient (Wildman–Crippen LogP) is -0.512. The highest BCUT2D eigenvalue weighted by Gasteiger charge is 2.31. The molecule has 0 radical (unpaired) electrons. The lowest BCUT2D eigenvalue weighted by Gasteiger charge is -2.28. The normalized spacial score (nSPS) is 32.4. The smallest absolute Gasteiger partial charge is 0.121 e. The molecule has 0 aromatic heterocycles. The zero-order valence-corrected chi connectivity index (χ0v) is 7.46. The largest absolute Gasteiger partial charge is 0.402 e. The molecule has 0 saturated carbocycles. The third-order valence-corrected chi connectivity index (χ3v) is 2.32. The first-order valence-corrected chi connectivity index (χ1v) is 4.42. The number of aliphatic imine (C=N–C) groups is 1. The van der Waals surface area contributed by atoms with E-state index in [4.69, 9.17) is 11.5 Å². The van der Waals surface area contributed by atoms with Gasteiger partial charge in [-0.3, -0.25) is 4.99 Å². The van der Waals surface area contributed by atoms with Gasteiger partial charge in [-0.2, -0.15) is 0 Å². The molecule has 1 aliphatic carbocycles. The maximum Gasteiger partial charge on any atom is 0.121 e. The standard InChI is InChI=1S/C9H14N4/c10-7-2-1-3-9(11,6-7)8-12-4-5-13-8/h1-3H,4-6,10-11H2,(H,12,13). The molecule has 0 fully saturated rings. The van der Waals surface area contributed by atoms with Gasteiger partial charge in [-0.05, 0) is 6.08 Å². The van der Waals surface area contributed by atoms with Crippen LogP contribution in [0.3, 0.4) is 0 Å². The van der Waals surface area contributed by atoms with Crippen molar-refractivity contribution >= 4 is 5.84 Å². The number of amidine groups is 1. The molecule has 2 aliphatic rings. The van der Waals surface area contributed by atoms with Gasteiger partial charge in [0.1, 0.15) is 5.84 Å². The van der Waals surface area contributed by atoms with E-state index in [-0.39, 0.29) is 0 Å². The topological polar surface area (TPSA) is 76.4 Å². The number of rotatable bonds is 1. The number of allylic oxidation sites excluding steroid dienone is 2. The van der Waals surface area contributed by atoms with Crippen molar-refractivity contribution in [1.29, 1.82) is 0 Å². The maximum atomic E-state index is 6.15. The van der Waals surface area contributed by atoms with Crippen LogP contribution in [-0.2, 0) is 0 Å². The zero-order valence-electron chi connectivity index (χ0n) is 7.46. The van der Waals surface area contributed by atoms with Crippen molar-refractivity contribution < 1.29 is 0 Å². The SMILES string of the molecule is NC1=CC=CC(N)(C2=NCCN2)C1. The highest BCUT2D eigenvalue weighted by Crippen LogP contribution is 2.19. The highest BCUT2D eigenvalue weighted by atomic mass is 15.1. The quantitative estimate of drug-likeness (QED) is 0.506. The Balaban J connectivity index is 2.22. The second-order valence-electron chi connectivity index (χ2n) is 3.47. The molecule has 5 N–H and O–H groups in total. The van der Waals surface area contributed by atoms with Crippen LogP contribution in [0.15, 0.2) is 28.9 Å². The summed E-state index contributed by atoms with van der Waals surface area (Å²) in [6.45, 7) is 1.69. The van der Waals surface area contributed by atoms with Crippen molar-refractivity contribution in [3.8, 4) is 0 Å². The van der Waals surface area contributed by atoms with Gasteiger partial charge in [-0.25, -0.2) is 0 Å². The van der Waals surface area contributed by atoms with Crippen LogP contribution in [-0.4, -0.2) is 24.5 Å². The Morgan fingerprint density at radius 3 is 3.00 bits per heavy atom. The summed E-state index contributed by atoms with van der Waals surface area (Å²) in [4.78, 5) is 4.31. The Hall–Kier alpha value is -1.29. The van der Waals surface area contributed by atoms with E-state index in [1.807, 2.05) is 18.2 Å². The molecule has 1 heterocycles. The fraction of sp³-hybridized carbons (Fsp3) is 0.444. The zero-order chi connectivity index (χ0) is 9.31. The van der Waals surface area contributed by atoms with E-state index in [0.29, 0.717) is 6.42 Å². The first kappa shape index (κ1) is 8.31. The lowest BCUT2D eigenvalue weighted by molar-refractivity contribution is 0.656. The first-order valence-electron chi connectivity index (χ1n) is 4.42. The molecule has 0 spiro atoms. The van der Waals surface area contributed by atoms with Crippen LogP contribution < -0.4 is 16.8 Å². The van der Waals surface area contributed by atoms with Gasteiger partial charge in [0.15, 0.2) is 0 Å². The average molecular weight is 178 g/mol. The van der Waals surface area contributed by atoms with E-state index < -0.39 is 5.54 Å². The molecule has 4 nitrogen and oxygen atoms in total. The Morgan fingerprint density at radius 2 is 2.38 bits per heavy atom. The average Bonchev–Trinajstić information content (AvgIpc) is 2.55. The monoisotopic (exact) mass is 178 g/mol. The van der Waals surface area contributed by atoms with Gasteiger partial charge in [0.2, 0.25) is 0 Å². The van der Waals surface area contributed by atoms with Gasteiger partial charge in [-0.15, -0.1) is 0 Å². The molecule has 2 rings (SSSR count). The van der Waals surface area contributed by atoms with Crippen LogP contribution in [0.25, 0.3) is 0 Å². The van der Waals surface area contributed by atoms with E-state index in [0.717, 1.165) is 24.6 Å². The Labute approximate surface area is 77.4 Å². The number of hydrogen-bond acceptors (Lipinski definition) is 4. The molecule has 0 saturated heterocycles. The molecule has 0 aromatic carbocycles. The number of nitrogens with one attached hydrogen (secondary N) is 1. The minimum Gasteiger partial charge on any atom is -0.402 e. The van der Waals surface area contributed by atoms with Gasteiger partial charge < -0.3 is 16.8 Å². The summed E-state index contributed by atoms with van der Waals surface area (Å²) in [5.74, 6) is 0.861. The van der Waals surface area contributed by atoms with Crippen molar-refractivity contribution in [2.24, 2.45) is 16.5 Å². The van der Waals surface area contributed by atoms with Gasteiger partial charge in [-0.1, -0.05) is 12.2 Å². The van der Waals surface area contributed by atoms with Crippen molar-refractivity contribution in [2.45, 2.75) is 12.0 Å². The van der Waals surface area contributed by atoms with E-state index in [2.05, 4.69) is 10.3 Å². The molecule has 0 bridgehead atoms. The van der Waals surface area contributed by atoms with Crippen LogP contribution in [0.4, 0.5) is 0 Å². The fourth-order valence-corrected chi connectivity index (χ4v) is 1.67. The summed E-state index contributed by atoms with van der Waals surface area (Å²) in [7, 11) is 0. The third-order valence-electron chi connectivity index (χ3n) is 2.32. The molecule has 0 amide bonds. The van der Waals surface area contributed by atoms with Gasteiger partial charge in [0.25, 0.3) is 0 Å². The van der Waals surface area contributed by atoms with Gasteiger partial charge >= 0.3 is 0 Å². The predicted molar refractivity (Wildman–Crippen MR) is 53.3 cm³/mol. The number of nitrogens with zero attached hydrogens (tertiary/aromatic N) is 1. The van der Waals surface area contributed by atoms with Crippen molar-refractivity contribution in [3.63, 3.8) is 0 Å². The Bertz CT molecular complexity index is 303. The number of nitrogens with two attached hydrogens (primary N) is 2. The van der Waals surface area contributed by atoms with E-state index in [1.54, 1.807) is 0 Å². The second kappa shape index (κ2) is 2.88. The summed E-state index contributed by atoms with van der Waals surface area (Å²) in [6.07, 6.45) is 6.36. The van der Waals surface area contributed by atoms with Crippen LogP contribution in [0, 0.1) is 0 Å². The molecule has 1 unspecified atom stereocenters. The minimum atomic E-state index is -0.505. The Morgan fingerprint density at radius 1 is 1.54 bits per heavy atom. The molecule has 13 heavy (non-hydrogen) atoms. The molecule has 1 atom stereocenters. The van der Waals surface area contributed by atoms with Gasteiger partial charge in [0.05, 0.1) is 12.1 Å².